The van der Waals surface area contributed by atoms with Gasteiger partial charge in [0, 0.05) is 35.6 Å². The molecule has 3 aromatic heterocycles. The maximum Gasteiger partial charge on any atom is 0.413 e. The van der Waals surface area contributed by atoms with Crippen LogP contribution in [0.15, 0.2) is 60.1 Å². The topological polar surface area (TPSA) is 92.8 Å². The fourth-order valence-electron chi connectivity index (χ4n) is 3.59. The van der Waals surface area contributed by atoms with E-state index in [-0.39, 0.29) is 0 Å². The second-order valence-electron chi connectivity index (χ2n) is 9.16. The summed E-state index contributed by atoms with van der Waals surface area (Å²) in [5.41, 5.74) is 6.79. The summed E-state index contributed by atoms with van der Waals surface area (Å²) in [5.74, 6) is 0.397. The van der Waals surface area contributed by atoms with Crippen molar-refractivity contribution in [1.29, 1.82) is 0 Å². The van der Waals surface area contributed by atoms with Crippen molar-refractivity contribution in [3.8, 4) is 0 Å². The summed E-state index contributed by atoms with van der Waals surface area (Å²) in [6.07, 6.45) is 10.0. The number of pyridine rings is 2. The number of hydrogen-bond acceptors (Lipinski definition) is 5. The lowest BCUT2D eigenvalue weighted by Gasteiger charge is -2.19. The molecule has 0 atom stereocenters. The summed E-state index contributed by atoms with van der Waals surface area (Å²) in [4.78, 5) is 21.0. The predicted molar refractivity (Wildman–Crippen MR) is 138 cm³/mol. The Labute approximate surface area is 201 Å². The number of nitrogens with zero attached hydrogens (tertiary/aromatic N) is 3. The standard InChI is InChI=1S/C27H33N5O2/c1-8-17(3)22(23-10-11-30-32-23)12-18(4)21(9-2)19-13-20-16-29-25(14-24(20)28-15-19)31-26(33)34-27(5,6)7/h9-16H,8H2,1-7H3,(H,30,32)(H,29,31,33)/b18-12-,21-9+,22-17-. The molecule has 178 valence electrons. The Hall–Kier alpha value is -3.74. The molecule has 0 aromatic carbocycles. The van der Waals surface area contributed by atoms with Gasteiger partial charge in [-0.05, 0) is 82.9 Å². The molecular formula is C27H33N5O2. The van der Waals surface area contributed by atoms with Gasteiger partial charge >= 0.3 is 6.09 Å². The number of rotatable bonds is 6. The molecular weight excluding hydrogens is 426 g/mol. The van der Waals surface area contributed by atoms with Gasteiger partial charge in [0.15, 0.2) is 0 Å². The number of H-pyrrole nitrogens is 1. The van der Waals surface area contributed by atoms with Gasteiger partial charge in [-0.2, -0.15) is 5.10 Å². The van der Waals surface area contributed by atoms with E-state index in [9.17, 15) is 4.79 Å². The van der Waals surface area contributed by atoms with Crippen molar-refractivity contribution in [2.75, 3.05) is 5.32 Å². The van der Waals surface area contributed by atoms with Gasteiger partial charge in [-0.3, -0.25) is 15.4 Å². The van der Waals surface area contributed by atoms with Crippen LogP contribution in [0.4, 0.5) is 10.6 Å². The molecule has 34 heavy (non-hydrogen) atoms. The van der Waals surface area contributed by atoms with Gasteiger partial charge in [0.05, 0.1) is 11.2 Å². The lowest BCUT2D eigenvalue weighted by atomic mass is 9.94. The molecule has 0 radical (unpaired) electrons. The van der Waals surface area contributed by atoms with E-state index in [2.05, 4.69) is 64.5 Å². The molecule has 0 spiro atoms. The Bertz CT molecular complexity index is 1260. The highest BCUT2D eigenvalue weighted by atomic mass is 16.6. The van der Waals surface area contributed by atoms with Gasteiger partial charge in [-0.25, -0.2) is 9.78 Å². The zero-order valence-electron chi connectivity index (χ0n) is 21.0. The number of allylic oxidation sites excluding steroid dienone is 6. The van der Waals surface area contributed by atoms with Crippen molar-refractivity contribution in [3.63, 3.8) is 0 Å². The van der Waals surface area contributed by atoms with E-state index >= 15 is 0 Å². The summed E-state index contributed by atoms with van der Waals surface area (Å²) in [6.45, 7) is 13.9. The summed E-state index contributed by atoms with van der Waals surface area (Å²) in [6, 6.07) is 5.79. The predicted octanol–water partition coefficient (Wildman–Crippen LogP) is 6.93. The zero-order valence-corrected chi connectivity index (χ0v) is 21.0. The minimum absolute atomic E-state index is 0.397. The number of aromatic nitrogens is 4. The number of anilines is 1. The number of carbonyl (C=O) groups excluding carboxylic acids is 1. The first kappa shape index (κ1) is 24.9. The number of aromatic amines is 1. The fraction of sp³-hybridized carbons (Fsp3) is 0.333. The Morgan fingerprint density at radius 1 is 1.18 bits per heavy atom. The molecule has 3 aromatic rings. The summed E-state index contributed by atoms with van der Waals surface area (Å²) >= 11 is 0. The number of amides is 1. The number of nitrogens with one attached hydrogen (secondary N) is 2. The molecule has 0 bridgehead atoms. The van der Waals surface area contributed by atoms with Crippen LogP contribution in [0.5, 0.6) is 0 Å². The van der Waals surface area contributed by atoms with Crippen LogP contribution in [-0.2, 0) is 4.74 Å². The van der Waals surface area contributed by atoms with Crippen LogP contribution in [0, 0.1) is 0 Å². The van der Waals surface area contributed by atoms with Crippen molar-refractivity contribution in [3.05, 3.63) is 71.3 Å². The molecule has 7 nitrogen and oxygen atoms in total. The highest BCUT2D eigenvalue weighted by molar-refractivity contribution is 5.91. The summed E-state index contributed by atoms with van der Waals surface area (Å²) in [5, 5.41) is 10.7. The van der Waals surface area contributed by atoms with Crippen LogP contribution in [-0.4, -0.2) is 31.9 Å². The minimum atomic E-state index is -0.579. The maximum atomic E-state index is 12.0. The van der Waals surface area contributed by atoms with E-state index in [0.717, 1.165) is 45.3 Å². The molecule has 0 aliphatic carbocycles. The van der Waals surface area contributed by atoms with Crippen LogP contribution in [0.1, 0.15) is 66.1 Å². The average molecular weight is 460 g/mol. The first-order valence-electron chi connectivity index (χ1n) is 11.4. The third-order valence-corrected chi connectivity index (χ3v) is 5.36. The van der Waals surface area contributed by atoms with E-state index in [4.69, 9.17) is 4.74 Å². The molecule has 0 saturated heterocycles. The highest BCUT2D eigenvalue weighted by Gasteiger charge is 2.17. The molecule has 0 unspecified atom stereocenters. The molecule has 0 aliphatic rings. The van der Waals surface area contributed by atoms with Crippen molar-refractivity contribution < 1.29 is 9.53 Å². The minimum Gasteiger partial charge on any atom is -0.444 e. The van der Waals surface area contributed by atoms with E-state index in [0.29, 0.717) is 5.82 Å². The number of carbonyl (C=O) groups is 1. The number of ether oxygens (including phenoxy) is 1. The lowest BCUT2D eigenvalue weighted by Crippen LogP contribution is -2.27. The van der Waals surface area contributed by atoms with Gasteiger partial charge in [0.25, 0.3) is 0 Å². The second kappa shape index (κ2) is 10.5. The van der Waals surface area contributed by atoms with Crippen molar-refractivity contribution in [2.45, 2.75) is 60.5 Å². The Morgan fingerprint density at radius 2 is 1.94 bits per heavy atom. The van der Waals surface area contributed by atoms with Crippen molar-refractivity contribution >= 4 is 34.0 Å². The van der Waals surface area contributed by atoms with Crippen LogP contribution in [0.2, 0.25) is 0 Å². The number of hydrogen-bond donors (Lipinski definition) is 2. The van der Waals surface area contributed by atoms with Gasteiger partial charge in [-0.1, -0.05) is 18.6 Å². The largest absolute Gasteiger partial charge is 0.444 e. The molecule has 0 aliphatic heterocycles. The van der Waals surface area contributed by atoms with Crippen molar-refractivity contribution in [2.24, 2.45) is 0 Å². The quantitative estimate of drug-likeness (QED) is 0.390. The second-order valence-corrected chi connectivity index (χ2v) is 9.16. The summed E-state index contributed by atoms with van der Waals surface area (Å²) in [7, 11) is 0. The normalized spacial score (nSPS) is 13.6. The zero-order chi connectivity index (χ0) is 24.9. The van der Waals surface area contributed by atoms with Crippen LogP contribution in [0.3, 0.4) is 0 Å². The van der Waals surface area contributed by atoms with E-state index in [1.807, 2.05) is 40.0 Å². The SMILES string of the molecule is C\C=C(/C(C)=C\C(=C(/C)CC)c1ccn[nH]1)c1cnc2cc(NC(=O)OC(C)(C)C)ncc2c1. The third kappa shape index (κ3) is 6.19. The smallest absolute Gasteiger partial charge is 0.413 e. The molecule has 0 saturated carbocycles. The molecule has 7 heteroatoms. The van der Waals surface area contributed by atoms with Crippen LogP contribution >= 0.6 is 0 Å². The summed E-state index contributed by atoms with van der Waals surface area (Å²) < 4.78 is 5.29. The van der Waals surface area contributed by atoms with E-state index in [1.54, 1.807) is 18.5 Å². The van der Waals surface area contributed by atoms with Crippen molar-refractivity contribution in [1.82, 2.24) is 20.2 Å². The molecule has 3 rings (SSSR count). The molecule has 1 amide bonds. The maximum absolute atomic E-state index is 12.0. The molecule has 3 heterocycles. The average Bonchev–Trinajstić information content (AvgIpc) is 3.30. The van der Waals surface area contributed by atoms with Crippen LogP contribution < -0.4 is 5.32 Å². The monoisotopic (exact) mass is 459 g/mol. The number of fused-ring (bicyclic) bond motifs is 1. The Kier molecular flexibility index (Phi) is 7.66. The fourth-order valence-corrected chi connectivity index (χ4v) is 3.59. The van der Waals surface area contributed by atoms with Gasteiger partial charge < -0.3 is 4.74 Å². The first-order chi connectivity index (χ1) is 16.1. The lowest BCUT2D eigenvalue weighted by molar-refractivity contribution is 0.0635. The van der Waals surface area contributed by atoms with Gasteiger partial charge in [0.2, 0.25) is 0 Å². The Balaban J connectivity index is 1.90. The Morgan fingerprint density at radius 3 is 2.56 bits per heavy atom. The highest BCUT2D eigenvalue weighted by Crippen LogP contribution is 2.29. The first-order valence-corrected chi connectivity index (χ1v) is 11.4. The third-order valence-electron chi connectivity index (χ3n) is 5.36. The van der Waals surface area contributed by atoms with Gasteiger partial charge in [0.1, 0.15) is 11.4 Å². The molecule has 0 fully saturated rings. The van der Waals surface area contributed by atoms with E-state index in [1.165, 1.54) is 5.57 Å². The van der Waals surface area contributed by atoms with Gasteiger partial charge in [-0.15, -0.1) is 0 Å². The molecule has 2 N–H and O–H groups in total. The van der Waals surface area contributed by atoms with Crippen LogP contribution in [0.25, 0.3) is 22.0 Å². The van der Waals surface area contributed by atoms with E-state index < -0.39 is 11.7 Å².